The zero-order valence-corrected chi connectivity index (χ0v) is 19.4. The Balaban J connectivity index is 1.42. The molecule has 7 heteroatoms. The average molecular weight is 474 g/mol. The van der Waals surface area contributed by atoms with Crippen molar-refractivity contribution in [3.63, 3.8) is 0 Å². The summed E-state index contributed by atoms with van der Waals surface area (Å²) in [6.45, 7) is 4.06. The monoisotopic (exact) mass is 473 g/mol. The minimum atomic E-state index is -0.385. The van der Waals surface area contributed by atoms with E-state index in [0.29, 0.717) is 11.2 Å². The van der Waals surface area contributed by atoms with Crippen LogP contribution >= 0.6 is 35.0 Å². The second-order valence-corrected chi connectivity index (χ2v) is 9.87. The molecule has 0 bridgehead atoms. The number of rotatable bonds is 3. The number of benzene rings is 2. The molecular weight excluding hydrogens is 452 g/mol. The number of thioether (sulfide) groups is 1. The van der Waals surface area contributed by atoms with Crippen molar-refractivity contribution in [2.24, 2.45) is 0 Å². The summed E-state index contributed by atoms with van der Waals surface area (Å²) in [5.74, 6) is 0.552. The highest BCUT2D eigenvalue weighted by Crippen LogP contribution is 2.48. The van der Waals surface area contributed by atoms with Gasteiger partial charge in [-0.2, -0.15) is 0 Å². The number of piperidine rings is 1. The number of anilines is 2. The Kier molecular flexibility index (Phi) is 5.76. The SMILES string of the molecule is Cc1cc2c(c(-c3ccc(F)c(Cl)c3)c1)N(C1CCN(c3ccnc(Cl)c3)CC1)CS2. The summed E-state index contributed by atoms with van der Waals surface area (Å²) in [6, 6.07) is 13.9. The Labute approximate surface area is 196 Å². The van der Waals surface area contributed by atoms with Gasteiger partial charge in [0.15, 0.2) is 0 Å². The van der Waals surface area contributed by atoms with E-state index >= 15 is 0 Å². The maximum atomic E-state index is 13.8. The largest absolute Gasteiger partial charge is 0.371 e. The maximum absolute atomic E-state index is 13.8. The average Bonchev–Trinajstić information content (AvgIpc) is 3.19. The molecule has 1 saturated heterocycles. The molecule has 0 unspecified atom stereocenters. The Morgan fingerprint density at radius 1 is 1.06 bits per heavy atom. The molecule has 0 amide bonds. The molecular formula is C24H22Cl2FN3S. The standard InChI is InChI=1S/C24H22Cl2FN3S/c1-15-10-19(16-2-3-21(27)20(25)12-16)24-22(11-15)31-14-30(24)17-5-8-29(9-6-17)18-4-7-28-23(26)13-18/h2-4,7,10-13,17H,5-6,8-9,14H2,1H3. The Morgan fingerprint density at radius 3 is 2.61 bits per heavy atom. The van der Waals surface area contributed by atoms with Gasteiger partial charge < -0.3 is 9.80 Å². The third-order valence-corrected chi connectivity index (χ3v) is 7.60. The van der Waals surface area contributed by atoms with Crippen molar-refractivity contribution in [1.29, 1.82) is 0 Å². The van der Waals surface area contributed by atoms with Crippen LogP contribution in [0.2, 0.25) is 10.2 Å². The molecule has 1 fully saturated rings. The van der Waals surface area contributed by atoms with Gasteiger partial charge in [-0.15, -0.1) is 11.8 Å². The molecule has 0 spiro atoms. The molecule has 160 valence electrons. The van der Waals surface area contributed by atoms with Gasteiger partial charge in [0.2, 0.25) is 0 Å². The van der Waals surface area contributed by atoms with Crippen molar-refractivity contribution in [3.05, 3.63) is 70.2 Å². The fourth-order valence-electron chi connectivity index (χ4n) is 4.55. The van der Waals surface area contributed by atoms with Crippen molar-refractivity contribution in [3.8, 4) is 11.1 Å². The third-order valence-electron chi connectivity index (χ3n) is 6.08. The molecule has 1 aromatic heterocycles. The highest BCUT2D eigenvalue weighted by atomic mass is 35.5. The van der Waals surface area contributed by atoms with E-state index in [-0.39, 0.29) is 10.8 Å². The number of hydrogen-bond donors (Lipinski definition) is 0. The van der Waals surface area contributed by atoms with E-state index in [4.69, 9.17) is 23.2 Å². The van der Waals surface area contributed by atoms with Crippen molar-refractivity contribution in [2.75, 3.05) is 28.8 Å². The molecule has 0 N–H and O–H groups in total. The van der Waals surface area contributed by atoms with E-state index in [1.807, 2.05) is 30.0 Å². The number of pyridine rings is 1. The fourth-order valence-corrected chi connectivity index (χ4v) is 6.15. The second kappa shape index (κ2) is 8.53. The van der Waals surface area contributed by atoms with Crippen molar-refractivity contribution < 1.29 is 4.39 Å². The highest BCUT2D eigenvalue weighted by molar-refractivity contribution is 7.99. The van der Waals surface area contributed by atoms with E-state index in [2.05, 4.69) is 33.8 Å². The van der Waals surface area contributed by atoms with Crippen LogP contribution in [0.4, 0.5) is 15.8 Å². The summed E-state index contributed by atoms with van der Waals surface area (Å²) in [5, 5.41) is 0.691. The number of halogens is 3. The molecule has 0 aliphatic carbocycles. The predicted molar refractivity (Wildman–Crippen MR) is 129 cm³/mol. The Bertz CT molecular complexity index is 1130. The topological polar surface area (TPSA) is 19.4 Å². The zero-order chi connectivity index (χ0) is 21.5. The Morgan fingerprint density at radius 2 is 1.87 bits per heavy atom. The van der Waals surface area contributed by atoms with Gasteiger partial charge in [-0.1, -0.05) is 29.3 Å². The minimum absolute atomic E-state index is 0.161. The number of aromatic nitrogens is 1. The zero-order valence-electron chi connectivity index (χ0n) is 17.1. The van der Waals surface area contributed by atoms with Gasteiger partial charge >= 0.3 is 0 Å². The van der Waals surface area contributed by atoms with Crippen LogP contribution in [-0.2, 0) is 0 Å². The summed E-state index contributed by atoms with van der Waals surface area (Å²) in [4.78, 5) is 10.3. The minimum Gasteiger partial charge on any atom is -0.371 e. The van der Waals surface area contributed by atoms with Crippen molar-refractivity contribution >= 4 is 46.3 Å². The Hall–Kier alpha value is -1.95. The molecule has 2 aromatic carbocycles. The van der Waals surface area contributed by atoms with Crippen LogP contribution in [0.3, 0.4) is 0 Å². The molecule has 2 aliphatic rings. The molecule has 2 aliphatic heterocycles. The van der Waals surface area contributed by atoms with Crippen LogP contribution in [0.5, 0.6) is 0 Å². The predicted octanol–water partition coefficient (Wildman–Crippen LogP) is 7.04. The molecule has 3 heterocycles. The van der Waals surface area contributed by atoms with E-state index < -0.39 is 0 Å². The van der Waals surface area contributed by atoms with E-state index in [9.17, 15) is 4.39 Å². The van der Waals surface area contributed by atoms with E-state index in [1.54, 1.807) is 12.3 Å². The number of nitrogens with zero attached hydrogens (tertiary/aromatic N) is 3. The first-order chi connectivity index (χ1) is 15.0. The number of hydrogen-bond acceptors (Lipinski definition) is 4. The first kappa shape index (κ1) is 20.9. The molecule has 5 rings (SSSR count). The molecule has 3 nitrogen and oxygen atoms in total. The summed E-state index contributed by atoms with van der Waals surface area (Å²) >= 11 is 14.1. The van der Waals surface area contributed by atoms with Gasteiger partial charge in [0.1, 0.15) is 11.0 Å². The fraction of sp³-hybridized carbons (Fsp3) is 0.292. The van der Waals surface area contributed by atoms with Gasteiger partial charge in [0, 0.05) is 41.5 Å². The van der Waals surface area contributed by atoms with E-state index in [0.717, 1.165) is 48.6 Å². The van der Waals surface area contributed by atoms with Crippen LogP contribution < -0.4 is 9.80 Å². The highest BCUT2D eigenvalue weighted by Gasteiger charge is 2.32. The van der Waals surface area contributed by atoms with Gasteiger partial charge in [-0.05, 0) is 67.3 Å². The lowest BCUT2D eigenvalue weighted by Crippen LogP contribution is -2.44. The second-order valence-electron chi connectivity index (χ2n) is 8.09. The van der Waals surface area contributed by atoms with Crippen molar-refractivity contribution in [1.82, 2.24) is 4.98 Å². The summed E-state index contributed by atoms with van der Waals surface area (Å²) in [7, 11) is 0. The van der Waals surface area contributed by atoms with Gasteiger partial charge in [-0.25, -0.2) is 9.37 Å². The summed E-state index contributed by atoms with van der Waals surface area (Å²) in [5.41, 5.74) is 5.68. The third kappa shape index (κ3) is 4.11. The maximum Gasteiger partial charge on any atom is 0.141 e. The van der Waals surface area contributed by atoms with Crippen LogP contribution in [0, 0.1) is 12.7 Å². The molecule has 0 radical (unpaired) electrons. The van der Waals surface area contributed by atoms with Crippen LogP contribution in [0.15, 0.2) is 53.6 Å². The molecule has 0 saturated carbocycles. The lowest BCUT2D eigenvalue weighted by molar-refractivity contribution is 0.480. The quantitative estimate of drug-likeness (QED) is 0.379. The van der Waals surface area contributed by atoms with Gasteiger partial charge in [0.25, 0.3) is 0 Å². The summed E-state index contributed by atoms with van der Waals surface area (Å²) < 4.78 is 13.8. The van der Waals surface area contributed by atoms with Crippen molar-refractivity contribution in [2.45, 2.75) is 30.7 Å². The summed E-state index contributed by atoms with van der Waals surface area (Å²) in [6.07, 6.45) is 3.90. The van der Waals surface area contributed by atoms with E-state index in [1.165, 1.54) is 22.2 Å². The lowest BCUT2D eigenvalue weighted by Gasteiger charge is -2.39. The van der Waals surface area contributed by atoms with Gasteiger partial charge in [0.05, 0.1) is 16.6 Å². The molecule has 31 heavy (non-hydrogen) atoms. The number of aryl methyl sites for hydroxylation is 1. The van der Waals surface area contributed by atoms with Crippen LogP contribution in [0.25, 0.3) is 11.1 Å². The first-order valence-electron chi connectivity index (χ1n) is 10.4. The molecule has 0 atom stereocenters. The van der Waals surface area contributed by atoms with Crippen LogP contribution in [-0.4, -0.2) is 30.0 Å². The lowest BCUT2D eigenvalue weighted by atomic mass is 9.97. The normalized spacial score (nSPS) is 16.6. The van der Waals surface area contributed by atoms with Gasteiger partial charge in [-0.3, -0.25) is 0 Å². The smallest absolute Gasteiger partial charge is 0.141 e. The first-order valence-corrected chi connectivity index (χ1v) is 12.1. The van der Waals surface area contributed by atoms with Crippen LogP contribution in [0.1, 0.15) is 18.4 Å². The molecule has 3 aromatic rings. The number of fused-ring (bicyclic) bond motifs is 1.